The van der Waals surface area contributed by atoms with Crippen LogP contribution in [0.1, 0.15) is 17.0 Å². The molecule has 0 aliphatic carbocycles. The standard InChI is InChI=1S/C17H14N4/c1-12-8-17(16(9-18)13(2)20-12)21-11-15(10-19-21)14-6-4-3-5-7-14/h3-8,10-11H,1-2H3. The fraction of sp³-hybridized carbons (Fsp3) is 0.118. The molecule has 1 aromatic carbocycles. The van der Waals surface area contributed by atoms with E-state index < -0.39 is 0 Å². The van der Waals surface area contributed by atoms with E-state index in [0.29, 0.717) is 5.56 Å². The van der Waals surface area contributed by atoms with Gasteiger partial charge in [-0.15, -0.1) is 0 Å². The van der Waals surface area contributed by atoms with E-state index in [2.05, 4.69) is 16.2 Å². The summed E-state index contributed by atoms with van der Waals surface area (Å²) in [5.74, 6) is 0. The van der Waals surface area contributed by atoms with Crippen LogP contribution in [0.25, 0.3) is 16.8 Å². The summed E-state index contributed by atoms with van der Waals surface area (Å²) in [4.78, 5) is 4.33. The van der Waals surface area contributed by atoms with Gasteiger partial charge in [0.15, 0.2) is 0 Å². The fourth-order valence-electron chi connectivity index (χ4n) is 2.36. The third-order valence-electron chi connectivity index (χ3n) is 3.36. The second kappa shape index (κ2) is 5.22. The first-order valence-electron chi connectivity index (χ1n) is 6.68. The van der Waals surface area contributed by atoms with Gasteiger partial charge in [-0.2, -0.15) is 10.4 Å². The van der Waals surface area contributed by atoms with Crippen LogP contribution in [0.15, 0.2) is 48.8 Å². The van der Waals surface area contributed by atoms with Crippen molar-refractivity contribution in [3.63, 3.8) is 0 Å². The van der Waals surface area contributed by atoms with Crippen molar-refractivity contribution in [1.82, 2.24) is 14.8 Å². The molecule has 0 unspecified atom stereocenters. The van der Waals surface area contributed by atoms with Crippen LogP contribution in [0, 0.1) is 25.2 Å². The lowest BCUT2D eigenvalue weighted by Gasteiger charge is -2.07. The third-order valence-corrected chi connectivity index (χ3v) is 3.36. The van der Waals surface area contributed by atoms with Crippen molar-refractivity contribution in [3.8, 4) is 22.9 Å². The monoisotopic (exact) mass is 274 g/mol. The Kier molecular flexibility index (Phi) is 3.25. The number of nitriles is 1. The van der Waals surface area contributed by atoms with Gasteiger partial charge in [0.2, 0.25) is 0 Å². The number of rotatable bonds is 2. The van der Waals surface area contributed by atoms with Crippen molar-refractivity contribution in [1.29, 1.82) is 5.26 Å². The Hall–Kier alpha value is -2.93. The fourth-order valence-corrected chi connectivity index (χ4v) is 2.36. The first-order valence-corrected chi connectivity index (χ1v) is 6.68. The minimum atomic E-state index is 0.559. The van der Waals surface area contributed by atoms with Crippen molar-refractivity contribution in [2.24, 2.45) is 0 Å². The first kappa shape index (κ1) is 13.1. The number of hydrogen-bond acceptors (Lipinski definition) is 3. The van der Waals surface area contributed by atoms with Gasteiger partial charge in [0.25, 0.3) is 0 Å². The van der Waals surface area contributed by atoms with Crippen molar-refractivity contribution in [3.05, 3.63) is 65.7 Å². The number of benzene rings is 1. The molecule has 102 valence electrons. The van der Waals surface area contributed by atoms with Crippen LogP contribution in [0.2, 0.25) is 0 Å². The van der Waals surface area contributed by atoms with Gasteiger partial charge in [-0.1, -0.05) is 30.3 Å². The summed E-state index contributed by atoms with van der Waals surface area (Å²) in [6, 6.07) is 14.1. The summed E-state index contributed by atoms with van der Waals surface area (Å²) in [6.07, 6.45) is 3.74. The Morgan fingerprint density at radius 3 is 2.57 bits per heavy atom. The largest absolute Gasteiger partial charge is 0.257 e. The summed E-state index contributed by atoms with van der Waals surface area (Å²) < 4.78 is 1.74. The minimum Gasteiger partial charge on any atom is -0.257 e. The van der Waals surface area contributed by atoms with Gasteiger partial charge >= 0.3 is 0 Å². The quantitative estimate of drug-likeness (QED) is 0.719. The van der Waals surface area contributed by atoms with Crippen molar-refractivity contribution in [2.75, 3.05) is 0 Å². The molecule has 4 heteroatoms. The van der Waals surface area contributed by atoms with E-state index >= 15 is 0 Å². The SMILES string of the molecule is Cc1cc(-n2cc(-c3ccccc3)cn2)c(C#N)c(C)n1. The van der Waals surface area contributed by atoms with Crippen LogP contribution in [0.5, 0.6) is 0 Å². The number of hydrogen-bond donors (Lipinski definition) is 0. The lowest BCUT2D eigenvalue weighted by molar-refractivity contribution is 0.866. The van der Waals surface area contributed by atoms with Gasteiger partial charge in [-0.05, 0) is 25.5 Å². The molecule has 2 heterocycles. The highest BCUT2D eigenvalue weighted by Gasteiger charge is 2.11. The molecule has 0 aliphatic rings. The van der Waals surface area contributed by atoms with Crippen molar-refractivity contribution < 1.29 is 0 Å². The summed E-state index contributed by atoms with van der Waals surface area (Å²) in [5.41, 5.74) is 5.05. The highest BCUT2D eigenvalue weighted by atomic mass is 15.3. The zero-order valence-electron chi connectivity index (χ0n) is 11.9. The maximum absolute atomic E-state index is 9.34. The Bertz CT molecular complexity index is 826. The van der Waals surface area contributed by atoms with E-state index in [9.17, 15) is 5.26 Å². The number of aromatic nitrogens is 3. The Morgan fingerprint density at radius 2 is 1.86 bits per heavy atom. The molecule has 0 atom stereocenters. The molecule has 3 aromatic rings. The third kappa shape index (κ3) is 2.41. The van der Waals surface area contributed by atoms with Crippen LogP contribution in [0.3, 0.4) is 0 Å². The highest BCUT2D eigenvalue weighted by molar-refractivity contribution is 5.62. The normalized spacial score (nSPS) is 10.3. The molecule has 2 aromatic heterocycles. The van der Waals surface area contributed by atoms with Crippen LogP contribution < -0.4 is 0 Å². The van der Waals surface area contributed by atoms with Crippen molar-refractivity contribution in [2.45, 2.75) is 13.8 Å². The van der Waals surface area contributed by atoms with Crippen LogP contribution >= 0.6 is 0 Å². The molecule has 0 fully saturated rings. The summed E-state index contributed by atoms with van der Waals surface area (Å²) >= 11 is 0. The van der Waals surface area contributed by atoms with Gasteiger partial charge in [-0.3, -0.25) is 4.98 Å². The minimum absolute atomic E-state index is 0.559. The second-order valence-electron chi connectivity index (χ2n) is 4.89. The van der Waals surface area contributed by atoms with Crippen LogP contribution in [-0.2, 0) is 0 Å². The van der Waals surface area contributed by atoms with E-state index in [1.807, 2.05) is 62.6 Å². The molecule has 0 radical (unpaired) electrons. The number of nitrogens with zero attached hydrogens (tertiary/aromatic N) is 4. The van der Waals surface area contributed by atoms with Crippen LogP contribution in [-0.4, -0.2) is 14.8 Å². The van der Waals surface area contributed by atoms with Gasteiger partial charge in [0.1, 0.15) is 6.07 Å². The maximum Gasteiger partial charge on any atom is 0.103 e. The average molecular weight is 274 g/mol. The summed E-state index contributed by atoms with van der Waals surface area (Å²) in [6.45, 7) is 3.76. The Labute approximate surface area is 123 Å². The summed E-state index contributed by atoms with van der Waals surface area (Å²) in [5, 5.41) is 13.7. The Morgan fingerprint density at radius 1 is 1.10 bits per heavy atom. The van der Waals surface area contributed by atoms with E-state index in [4.69, 9.17) is 0 Å². The predicted molar refractivity (Wildman–Crippen MR) is 81.0 cm³/mol. The van der Waals surface area contributed by atoms with Gasteiger partial charge in [0.05, 0.1) is 23.1 Å². The smallest absolute Gasteiger partial charge is 0.103 e. The topological polar surface area (TPSA) is 54.5 Å². The first-order chi connectivity index (χ1) is 10.2. The van der Waals surface area contributed by atoms with Gasteiger partial charge < -0.3 is 0 Å². The molecule has 4 nitrogen and oxygen atoms in total. The van der Waals surface area contributed by atoms with Gasteiger partial charge in [0, 0.05) is 17.5 Å². The lowest BCUT2D eigenvalue weighted by atomic mass is 10.1. The molecular formula is C17H14N4. The molecule has 0 saturated carbocycles. The van der Waals surface area contributed by atoms with E-state index in [0.717, 1.165) is 28.2 Å². The van der Waals surface area contributed by atoms with E-state index in [-0.39, 0.29) is 0 Å². The van der Waals surface area contributed by atoms with Crippen LogP contribution in [0.4, 0.5) is 0 Å². The maximum atomic E-state index is 9.34. The second-order valence-corrected chi connectivity index (χ2v) is 4.89. The lowest BCUT2D eigenvalue weighted by Crippen LogP contribution is -2.03. The number of pyridine rings is 1. The molecule has 0 saturated heterocycles. The van der Waals surface area contributed by atoms with E-state index in [1.165, 1.54) is 0 Å². The zero-order valence-corrected chi connectivity index (χ0v) is 11.9. The molecule has 0 amide bonds. The average Bonchev–Trinajstić information content (AvgIpc) is 2.97. The van der Waals surface area contributed by atoms with Gasteiger partial charge in [-0.25, -0.2) is 4.68 Å². The molecular weight excluding hydrogens is 260 g/mol. The molecule has 21 heavy (non-hydrogen) atoms. The molecule has 0 bridgehead atoms. The Balaban J connectivity index is 2.11. The predicted octanol–water partition coefficient (Wildman–Crippen LogP) is 3.42. The van der Waals surface area contributed by atoms with E-state index in [1.54, 1.807) is 4.68 Å². The summed E-state index contributed by atoms with van der Waals surface area (Å²) in [7, 11) is 0. The highest BCUT2D eigenvalue weighted by Crippen LogP contribution is 2.22. The zero-order chi connectivity index (χ0) is 14.8. The molecule has 3 rings (SSSR count). The number of aryl methyl sites for hydroxylation is 2. The molecule has 0 aliphatic heterocycles. The molecule has 0 N–H and O–H groups in total. The van der Waals surface area contributed by atoms with Crippen molar-refractivity contribution >= 4 is 0 Å². The molecule has 0 spiro atoms.